The summed E-state index contributed by atoms with van der Waals surface area (Å²) in [5.74, 6) is -0.835. The number of fused-ring (bicyclic) bond motifs is 1. The predicted molar refractivity (Wildman–Crippen MR) is 122 cm³/mol. The number of ether oxygens (including phenoxy) is 1. The molecule has 4 rings (SSSR count). The van der Waals surface area contributed by atoms with Gasteiger partial charge in [0.05, 0.1) is 23.4 Å². The molecular weight excluding hydrogens is 440 g/mol. The van der Waals surface area contributed by atoms with Gasteiger partial charge in [-0.05, 0) is 24.1 Å². The molecule has 0 aliphatic carbocycles. The van der Waals surface area contributed by atoms with Gasteiger partial charge in [0.2, 0.25) is 17.7 Å². The van der Waals surface area contributed by atoms with Gasteiger partial charge in [0.15, 0.2) is 5.13 Å². The minimum absolute atomic E-state index is 0. The lowest BCUT2D eigenvalue weighted by atomic mass is 10.2. The Hall–Kier alpha value is -2.07. The molecule has 0 unspecified atom stereocenters. The lowest BCUT2D eigenvalue weighted by molar-refractivity contribution is -0.141. The first kappa shape index (κ1) is 23.6. The number of benzene rings is 1. The smallest absolute Gasteiger partial charge is 0.248 e. The molecule has 2 aromatic rings. The van der Waals surface area contributed by atoms with Crippen molar-refractivity contribution in [2.75, 3.05) is 50.8 Å². The van der Waals surface area contributed by atoms with Crippen LogP contribution in [-0.2, 0) is 25.5 Å². The van der Waals surface area contributed by atoms with E-state index in [1.807, 2.05) is 12.1 Å². The van der Waals surface area contributed by atoms with Crippen LogP contribution in [0.3, 0.4) is 0 Å². The van der Waals surface area contributed by atoms with Gasteiger partial charge in [0, 0.05) is 39.0 Å². The van der Waals surface area contributed by atoms with Crippen molar-refractivity contribution < 1.29 is 19.1 Å². The summed E-state index contributed by atoms with van der Waals surface area (Å²) in [4.78, 5) is 46.8. The summed E-state index contributed by atoms with van der Waals surface area (Å²) in [6.07, 6.45) is 1.30. The summed E-state index contributed by atoms with van der Waals surface area (Å²) < 4.78 is 6.43. The van der Waals surface area contributed by atoms with Crippen molar-refractivity contribution in [3.8, 4) is 0 Å². The maximum atomic E-state index is 13.2. The zero-order valence-electron chi connectivity index (χ0n) is 17.5. The molecule has 0 atom stereocenters. The van der Waals surface area contributed by atoms with Crippen LogP contribution in [0.5, 0.6) is 0 Å². The SMILES string of the molecule is CCc1ccc2nc(N(CCN3CCOCC3)C(=O)CN3C(=O)CCC3=O)sc2c1.Cl. The molecule has 2 aliphatic rings. The highest BCUT2D eigenvalue weighted by atomic mass is 35.5. The summed E-state index contributed by atoms with van der Waals surface area (Å²) in [6, 6.07) is 6.13. The van der Waals surface area contributed by atoms with Crippen molar-refractivity contribution >= 4 is 56.8 Å². The molecule has 0 bridgehead atoms. The zero-order chi connectivity index (χ0) is 21.1. The first-order valence-corrected chi connectivity index (χ1v) is 11.2. The van der Waals surface area contributed by atoms with Gasteiger partial charge in [0.1, 0.15) is 6.54 Å². The van der Waals surface area contributed by atoms with E-state index < -0.39 is 0 Å². The van der Waals surface area contributed by atoms with Gasteiger partial charge >= 0.3 is 0 Å². The number of morpholine rings is 1. The van der Waals surface area contributed by atoms with Crippen LogP contribution < -0.4 is 4.90 Å². The molecule has 0 N–H and O–H groups in total. The summed E-state index contributed by atoms with van der Waals surface area (Å²) in [6.45, 7) is 6.04. The number of halogens is 1. The summed E-state index contributed by atoms with van der Waals surface area (Å²) >= 11 is 1.47. The minimum Gasteiger partial charge on any atom is -0.379 e. The molecule has 1 aromatic carbocycles. The fraction of sp³-hybridized carbons (Fsp3) is 0.524. The molecule has 2 aliphatic heterocycles. The largest absolute Gasteiger partial charge is 0.379 e. The third kappa shape index (κ3) is 5.41. The van der Waals surface area contributed by atoms with Crippen LogP contribution in [0.4, 0.5) is 5.13 Å². The molecule has 1 aromatic heterocycles. The number of imide groups is 1. The number of thiazole rings is 1. The number of hydrogen-bond acceptors (Lipinski definition) is 7. The van der Waals surface area contributed by atoms with Gasteiger partial charge in [-0.3, -0.25) is 29.1 Å². The number of rotatable bonds is 7. The maximum absolute atomic E-state index is 13.2. The van der Waals surface area contributed by atoms with E-state index in [1.165, 1.54) is 16.9 Å². The third-order valence-electron chi connectivity index (χ3n) is 5.57. The molecule has 2 fully saturated rings. The number of nitrogens with zero attached hydrogens (tertiary/aromatic N) is 4. The Labute approximate surface area is 191 Å². The average molecular weight is 467 g/mol. The van der Waals surface area contributed by atoms with Crippen LogP contribution in [0.15, 0.2) is 18.2 Å². The second kappa shape index (κ2) is 10.5. The van der Waals surface area contributed by atoms with Crippen LogP contribution in [0.2, 0.25) is 0 Å². The Kier molecular flexibility index (Phi) is 7.99. The predicted octanol–water partition coefficient (Wildman–Crippen LogP) is 2.09. The molecule has 31 heavy (non-hydrogen) atoms. The Balaban J connectivity index is 0.00000272. The molecule has 3 amide bonds. The molecule has 0 radical (unpaired) electrons. The number of carbonyl (C=O) groups is 3. The number of hydrogen-bond donors (Lipinski definition) is 0. The number of likely N-dealkylation sites (tertiary alicyclic amines) is 1. The Morgan fingerprint density at radius 2 is 1.90 bits per heavy atom. The molecule has 0 spiro atoms. The van der Waals surface area contributed by atoms with Crippen molar-refractivity contribution in [3.63, 3.8) is 0 Å². The third-order valence-corrected chi connectivity index (χ3v) is 6.61. The summed E-state index contributed by atoms with van der Waals surface area (Å²) in [5.41, 5.74) is 2.07. The fourth-order valence-corrected chi connectivity index (χ4v) is 4.78. The molecular formula is C21H27ClN4O4S. The molecule has 10 heteroatoms. The number of aryl methyl sites for hydroxylation is 1. The second-order valence-electron chi connectivity index (χ2n) is 7.53. The normalized spacial score (nSPS) is 17.3. The molecule has 168 valence electrons. The molecule has 0 saturated carbocycles. The van der Waals surface area contributed by atoms with Gasteiger partial charge in [-0.25, -0.2) is 4.98 Å². The van der Waals surface area contributed by atoms with Crippen molar-refractivity contribution in [1.29, 1.82) is 0 Å². The highest BCUT2D eigenvalue weighted by molar-refractivity contribution is 7.22. The van der Waals surface area contributed by atoms with Gasteiger partial charge in [-0.15, -0.1) is 12.4 Å². The topological polar surface area (TPSA) is 83.1 Å². The Bertz CT molecular complexity index is 944. The van der Waals surface area contributed by atoms with E-state index >= 15 is 0 Å². The van der Waals surface area contributed by atoms with Crippen LogP contribution in [0.25, 0.3) is 10.2 Å². The second-order valence-corrected chi connectivity index (χ2v) is 8.53. The lowest BCUT2D eigenvalue weighted by Crippen LogP contribution is -2.47. The van der Waals surface area contributed by atoms with E-state index in [0.29, 0.717) is 31.4 Å². The van der Waals surface area contributed by atoms with E-state index in [1.54, 1.807) is 4.90 Å². The van der Waals surface area contributed by atoms with E-state index in [2.05, 4.69) is 22.9 Å². The van der Waals surface area contributed by atoms with Crippen molar-refractivity contribution in [2.24, 2.45) is 0 Å². The molecule has 3 heterocycles. The first-order chi connectivity index (χ1) is 14.5. The van der Waals surface area contributed by atoms with Crippen molar-refractivity contribution in [3.05, 3.63) is 23.8 Å². The van der Waals surface area contributed by atoms with E-state index in [9.17, 15) is 14.4 Å². The number of carbonyl (C=O) groups excluding carboxylic acids is 3. The lowest BCUT2D eigenvalue weighted by Gasteiger charge is -2.29. The van der Waals surface area contributed by atoms with Crippen LogP contribution in [0.1, 0.15) is 25.3 Å². The van der Waals surface area contributed by atoms with Gasteiger partial charge < -0.3 is 4.74 Å². The first-order valence-electron chi connectivity index (χ1n) is 10.4. The van der Waals surface area contributed by atoms with Crippen LogP contribution in [-0.4, -0.2) is 78.4 Å². The number of amides is 3. The Morgan fingerprint density at radius 1 is 1.19 bits per heavy atom. The van der Waals surface area contributed by atoms with Gasteiger partial charge in [-0.2, -0.15) is 0 Å². The zero-order valence-corrected chi connectivity index (χ0v) is 19.2. The number of aromatic nitrogens is 1. The monoisotopic (exact) mass is 466 g/mol. The van der Waals surface area contributed by atoms with Crippen molar-refractivity contribution in [1.82, 2.24) is 14.8 Å². The molecule has 2 saturated heterocycles. The maximum Gasteiger partial charge on any atom is 0.248 e. The fourth-order valence-electron chi connectivity index (χ4n) is 3.71. The van der Waals surface area contributed by atoms with E-state index in [4.69, 9.17) is 4.74 Å². The molecule has 8 nitrogen and oxygen atoms in total. The number of anilines is 1. The van der Waals surface area contributed by atoms with Crippen molar-refractivity contribution in [2.45, 2.75) is 26.2 Å². The highest BCUT2D eigenvalue weighted by Crippen LogP contribution is 2.30. The minimum atomic E-state index is -0.279. The summed E-state index contributed by atoms with van der Waals surface area (Å²) in [7, 11) is 0. The van der Waals surface area contributed by atoms with Gasteiger partial charge in [0.25, 0.3) is 0 Å². The highest BCUT2D eigenvalue weighted by Gasteiger charge is 2.33. The van der Waals surface area contributed by atoms with E-state index in [-0.39, 0.29) is 49.5 Å². The average Bonchev–Trinajstić information content (AvgIpc) is 3.32. The standard InChI is InChI=1S/C21H26N4O4S.ClH/c1-2-15-3-4-16-17(13-15)30-21(22-16)24(8-7-23-9-11-29-12-10-23)20(28)14-25-18(26)5-6-19(25)27;/h3-4,13H,2,5-12,14H2,1H3;1H. The van der Waals surface area contributed by atoms with Gasteiger partial charge in [-0.1, -0.05) is 24.3 Å². The summed E-state index contributed by atoms with van der Waals surface area (Å²) in [5, 5.41) is 0.607. The van der Waals surface area contributed by atoms with E-state index in [0.717, 1.165) is 34.6 Å². The van der Waals surface area contributed by atoms with Crippen LogP contribution in [0, 0.1) is 0 Å². The van der Waals surface area contributed by atoms with Crippen LogP contribution >= 0.6 is 23.7 Å². The quantitative estimate of drug-likeness (QED) is 0.581. The Morgan fingerprint density at radius 3 is 2.58 bits per heavy atom.